The Hall–Kier alpha value is -2.24. The molecule has 1 fully saturated rings. The summed E-state index contributed by atoms with van der Waals surface area (Å²) in [7, 11) is -3.73. The highest BCUT2D eigenvalue weighted by Gasteiger charge is 2.34. The van der Waals surface area contributed by atoms with E-state index in [0.29, 0.717) is 32.4 Å². The van der Waals surface area contributed by atoms with Gasteiger partial charge in [-0.25, -0.2) is 8.42 Å². The summed E-state index contributed by atoms with van der Waals surface area (Å²) >= 11 is 12.6. The highest BCUT2D eigenvalue weighted by atomic mass is 79.9. The number of carbonyl (C=O) groups is 2. The lowest BCUT2D eigenvalue weighted by atomic mass is 9.96. The molecule has 4 rings (SSSR count). The van der Waals surface area contributed by atoms with E-state index in [0.717, 1.165) is 5.56 Å². The molecular formula is C27H26Br2ClN3O4S. The summed E-state index contributed by atoms with van der Waals surface area (Å²) in [5.74, 6) is -1.03. The molecule has 2 N–H and O–H groups in total. The van der Waals surface area contributed by atoms with Crippen molar-refractivity contribution in [3.05, 3.63) is 97.9 Å². The van der Waals surface area contributed by atoms with Crippen molar-refractivity contribution < 1.29 is 18.0 Å². The molecule has 7 nitrogen and oxygen atoms in total. The van der Waals surface area contributed by atoms with Crippen LogP contribution in [0.1, 0.15) is 30.0 Å². The van der Waals surface area contributed by atoms with Crippen LogP contribution < -0.4 is 10.6 Å². The van der Waals surface area contributed by atoms with Gasteiger partial charge in [0.05, 0.1) is 4.90 Å². The Bertz CT molecular complexity index is 1400. The number of nitrogens with one attached hydrogen (secondary N) is 2. The second kappa shape index (κ2) is 12.7. The third-order valence-corrected chi connectivity index (χ3v) is 10.0. The topological polar surface area (TPSA) is 95.6 Å². The molecule has 1 unspecified atom stereocenters. The number of hydrogen-bond donors (Lipinski definition) is 2. The third kappa shape index (κ3) is 7.04. The summed E-state index contributed by atoms with van der Waals surface area (Å²) in [5.41, 5.74) is 1.54. The van der Waals surface area contributed by atoms with Crippen LogP contribution in [0.5, 0.6) is 0 Å². The Morgan fingerprint density at radius 3 is 2.29 bits per heavy atom. The second-order valence-electron chi connectivity index (χ2n) is 8.95. The maximum absolute atomic E-state index is 13.2. The number of carbonyl (C=O) groups excluding carboxylic acids is 2. The molecule has 1 heterocycles. The molecule has 0 bridgehead atoms. The minimum absolute atomic E-state index is 0.177. The van der Waals surface area contributed by atoms with Crippen LogP contribution in [0.2, 0.25) is 5.02 Å². The molecule has 1 aliphatic rings. The monoisotopic (exact) mass is 681 g/mol. The number of halogens is 3. The summed E-state index contributed by atoms with van der Waals surface area (Å²) < 4.78 is 29.0. The first-order valence-electron chi connectivity index (χ1n) is 12.0. The Morgan fingerprint density at radius 2 is 1.63 bits per heavy atom. The normalized spacial score (nSPS) is 15.6. The molecule has 11 heteroatoms. The quantitative estimate of drug-likeness (QED) is 0.331. The smallest absolute Gasteiger partial charge is 0.247 e. The maximum Gasteiger partial charge on any atom is 0.247 e. The molecule has 2 amide bonds. The number of sulfonamides is 1. The number of nitrogens with zero attached hydrogens (tertiary/aromatic N) is 1. The molecule has 0 radical (unpaired) electrons. The molecular weight excluding hydrogens is 658 g/mol. The predicted octanol–water partition coefficient (Wildman–Crippen LogP) is 5.44. The van der Waals surface area contributed by atoms with Gasteiger partial charge in [0.1, 0.15) is 6.04 Å². The van der Waals surface area contributed by atoms with Crippen LogP contribution in [0.15, 0.2) is 86.6 Å². The minimum Gasteiger partial charge on any atom is -0.350 e. The number of hydrogen-bond acceptors (Lipinski definition) is 4. The van der Waals surface area contributed by atoms with Gasteiger partial charge in [-0.1, -0.05) is 70.0 Å². The van der Waals surface area contributed by atoms with Gasteiger partial charge in [0.15, 0.2) is 0 Å². The fourth-order valence-electron chi connectivity index (χ4n) is 4.27. The summed E-state index contributed by atoms with van der Waals surface area (Å²) in [6.07, 6.45) is 0.704. The first-order valence-corrected chi connectivity index (χ1v) is 15.4. The van der Waals surface area contributed by atoms with Crippen LogP contribution in [-0.2, 0) is 26.2 Å². The third-order valence-electron chi connectivity index (χ3n) is 6.40. The van der Waals surface area contributed by atoms with E-state index in [2.05, 4.69) is 42.5 Å². The lowest BCUT2D eigenvalue weighted by Gasteiger charge is -2.31. The van der Waals surface area contributed by atoms with Gasteiger partial charge in [0.2, 0.25) is 21.8 Å². The van der Waals surface area contributed by atoms with Crippen molar-refractivity contribution in [2.24, 2.45) is 5.92 Å². The van der Waals surface area contributed by atoms with Crippen molar-refractivity contribution in [2.75, 3.05) is 13.1 Å². The van der Waals surface area contributed by atoms with Gasteiger partial charge >= 0.3 is 0 Å². The Balaban J connectivity index is 1.41. The Morgan fingerprint density at radius 1 is 0.974 bits per heavy atom. The molecule has 3 aromatic carbocycles. The van der Waals surface area contributed by atoms with E-state index in [-0.39, 0.29) is 36.3 Å². The highest BCUT2D eigenvalue weighted by molar-refractivity contribution is 9.11. The van der Waals surface area contributed by atoms with Gasteiger partial charge < -0.3 is 10.6 Å². The fraction of sp³-hybridized carbons (Fsp3) is 0.259. The van der Waals surface area contributed by atoms with E-state index in [1.807, 2.05) is 30.3 Å². The van der Waals surface area contributed by atoms with Crippen LogP contribution >= 0.6 is 43.5 Å². The van der Waals surface area contributed by atoms with Crippen molar-refractivity contribution in [1.29, 1.82) is 0 Å². The zero-order valence-electron chi connectivity index (χ0n) is 20.2. The first kappa shape index (κ1) is 28.8. The number of rotatable bonds is 8. The standard InChI is InChI=1S/C27H26Br2ClN3O4S/c28-21-8-11-23(29)24(16-21)38(36,37)33-14-12-20(13-15-33)26(34)32-25(19-4-2-1-3-5-19)27(35)31-17-18-6-9-22(30)10-7-18/h1-11,16,20,25H,12-15,17H2,(H,31,35)(H,32,34). The molecule has 0 aromatic heterocycles. The van der Waals surface area contributed by atoms with Crippen molar-refractivity contribution in [3.63, 3.8) is 0 Å². The highest BCUT2D eigenvalue weighted by Crippen LogP contribution is 2.31. The predicted molar refractivity (Wildman–Crippen MR) is 154 cm³/mol. The van der Waals surface area contributed by atoms with Crippen LogP contribution in [0.3, 0.4) is 0 Å². The van der Waals surface area contributed by atoms with Crippen LogP contribution in [-0.4, -0.2) is 37.6 Å². The summed E-state index contributed by atoms with van der Waals surface area (Å²) in [6.45, 7) is 0.701. The van der Waals surface area contributed by atoms with Crippen LogP contribution in [0.25, 0.3) is 0 Å². The molecule has 0 aliphatic carbocycles. The molecule has 3 aromatic rings. The lowest BCUT2D eigenvalue weighted by molar-refractivity contribution is -0.132. The van der Waals surface area contributed by atoms with Crippen molar-refractivity contribution in [2.45, 2.75) is 30.3 Å². The molecule has 1 saturated heterocycles. The molecule has 200 valence electrons. The average Bonchev–Trinajstić information content (AvgIpc) is 2.93. The Kier molecular flexibility index (Phi) is 9.64. The van der Waals surface area contributed by atoms with Crippen molar-refractivity contribution in [3.8, 4) is 0 Å². The largest absolute Gasteiger partial charge is 0.350 e. The van der Waals surface area contributed by atoms with E-state index in [9.17, 15) is 18.0 Å². The van der Waals surface area contributed by atoms with Crippen LogP contribution in [0.4, 0.5) is 0 Å². The lowest BCUT2D eigenvalue weighted by Crippen LogP contribution is -2.46. The zero-order chi connectivity index (χ0) is 27.3. The molecule has 1 atom stereocenters. The summed E-state index contributed by atoms with van der Waals surface area (Å²) in [4.78, 5) is 26.6. The average molecular weight is 684 g/mol. The molecule has 0 spiro atoms. The SMILES string of the molecule is O=C(NC(C(=O)NCc1ccc(Cl)cc1)c1ccccc1)C1CCN(S(=O)(=O)c2cc(Br)ccc2Br)CC1. The molecule has 1 aliphatic heterocycles. The maximum atomic E-state index is 13.2. The van der Waals surface area contributed by atoms with Gasteiger partial charge in [0, 0.05) is 39.5 Å². The summed E-state index contributed by atoms with van der Waals surface area (Å²) in [5, 5.41) is 6.39. The summed E-state index contributed by atoms with van der Waals surface area (Å²) in [6, 6.07) is 20.3. The zero-order valence-corrected chi connectivity index (χ0v) is 25.0. The van der Waals surface area contributed by atoms with Crippen molar-refractivity contribution in [1.82, 2.24) is 14.9 Å². The Labute approximate surface area is 244 Å². The number of amides is 2. The van der Waals surface area contributed by atoms with Crippen LogP contribution in [0, 0.1) is 5.92 Å². The van der Waals surface area contributed by atoms with E-state index < -0.39 is 22.0 Å². The first-order chi connectivity index (χ1) is 18.1. The second-order valence-corrected chi connectivity index (χ2v) is 13.1. The fourth-order valence-corrected chi connectivity index (χ4v) is 7.33. The number of benzene rings is 3. The molecule has 38 heavy (non-hydrogen) atoms. The van der Waals surface area contributed by atoms with E-state index in [1.54, 1.807) is 42.5 Å². The van der Waals surface area contributed by atoms with E-state index in [1.165, 1.54) is 4.31 Å². The minimum atomic E-state index is -3.73. The van der Waals surface area contributed by atoms with Gasteiger partial charge in [0.25, 0.3) is 0 Å². The van der Waals surface area contributed by atoms with Gasteiger partial charge in [-0.15, -0.1) is 0 Å². The van der Waals surface area contributed by atoms with E-state index >= 15 is 0 Å². The molecule has 0 saturated carbocycles. The number of piperidine rings is 1. The van der Waals surface area contributed by atoms with Gasteiger partial charge in [-0.2, -0.15) is 4.31 Å². The van der Waals surface area contributed by atoms with E-state index in [4.69, 9.17) is 11.6 Å². The van der Waals surface area contributed by atoms with Gasteiger partial charge in [-0.05, 0) is 70.2 Å². The van der Waals surface area contributed by atoms with Gasteiger partial charge in [-0.3, -0.25) is 9.59 Å². The van der Waals surface area contributed by atoms with Crippen molar-refractivity contribution >= 4 is 65.3 Å².